The number of nitrogens with zero attached hydrogens (tertiary/aromatic N) is 4. The average molecular weight is 305 g/mol. The summed E-state index contributed by atoms with van der Waals surface area (Å²) < 4.78 is 6.84. The van der Waals surface area contributed by atoms with Crippen LogP contribution >= 0.6 is 0 Å². The molecule has 1 N–H and O–H groups in total. The van der Waals surface area contributed by atoms with E-state index in [4.69, 9.17) is 4.52 Å². The van der Waals surface area contributed by atoms with Gasteiger partial charge in [0.05, 0.1) is 6.04 Å². The van der Waals surface area contributed by atoms with E-state index < -0.39 is 0 Å². The normalized spacial score (nSPS) is 12.6. The quantitative estimate of drug-likeness (QED) is 0.848. The Morgan fingerprint density at radius 1 is 1.45 bits per heavy atom. The van der Waals surface area contributed by atoms with Gasteiger partial charge in [0.2, 0.25) is 0 Å². The fourth-order valence-corrected chi connectivity index (χ4v) is 2.34. The molecule has 22 heavy (non-hydrogen) atoms. The molecule has 0 aromatic carbocycles. The van der Waals surface area contributed by atoms with E-state index in [1.807, 2.05) is 7.05 Å². The topological polar surface area (TPSA) is 85.8 Å². The van der Waals surface area contributed by atoms with Gasteiger partial charge in [-0.05, 0) is 18.8 Å². The van der Waals surface area contributed by atoms with Gasteiger partial charge in [-0.2, -0.15) is 5.10 Å². The summed E-state index contributed by atoms with van der Waals surface area (Å²) in [5.41, 5.74) is 0.305. The van der Waals surface area contributed by atoms with Crippen molar-refractivity contribution in [1.29, 1.82) is 0 Å². The highest BCUT2D eigenvalue weighted by Gasteiger charge is 2.22. The van der Waals surface area contributed by atoms with Crippen LogP contribution in [0.25, 0.3) is 0 Å². The number of carbonyl (C=O) groups excluding carboxylic acids is 1. The number of hydrogen-bond donors (Lipinski definition) is 1. The van der Waals surface area contributed by atoms with Crippen molar-refractivity contribution in [2.75, 3.05) is 0 Å². The fourth-order valence-electron chi connectivity index (χ4n) is 2.34. The minimum absolute atomic E-state index is 0.202. The van der Waals surface area contributed by atoms with Gasteiger partial charge in [-0.3, -0.25) is 9.48 Å². The predicted molar refractivity (Wildman–Crippen MR) is 81.2 cm³/mol. The van der Waals surface area contributed by atoms with E-state index in [1.165, 1.54) is 6.33 Å². The molecule has 1 atom stereocenters. The highest BCUT2D eigenvalue weighted by molar-refractivity contribution is 5.92. The van der Waals surface area contributed by atoms with Gasteiger partial charge in [0.25, 0.3) is 5.91 Å². The van der Waals surface area contributed by atoms with Crippen LogP contribution in [0.1, 0.15) is 61.7 Å². The lowest BCUT2D eigenvalue weighted by atomic mass is 10.0. The van der Waals surface area contributed by atoms with Crippen LogP contribution in [0.15, 0.2) is 16.9 Å². The first-order chi connectivity index (χ1) is 10.5. The molecule has 1 amide bonds. The third-order valence-corrected chi connectivity index (χ3v) is 3.36. The standard InChI is InChI=1S/C15H23N5O2/c1-5-6-11-8-13(19-22-11)15(21)18-12(7-10(2)3)14-16-9-17-20(14)4/h8-10,12H,5-7H2,1-4H3,(H,18,21)/t12-/m0/s1. The van der Waals surface area contributed by atoms with Gasteiger partial charge in [0.15, 0.2) is 5.69 Å². The van der Waals surface area contributed by atoms with E-state index in [9.17, 15) is 4.79 Å². The van der Waals surface area contributed by atoms with Gasteiger partial charge >= 0.3 is 0 Å². The molecular weight excluding hydrogens is 282 g/mol. The Morgan fingerprint density at radius 2 is 2.23 bits per heavy atom. The van der Waals surface area contributed by atoms with Crippen LogP contribution in [0.2, 0.25) is 0 Å². The summed E-state index contributed by atoms with van der Waals surface area (Å²) in [5.74, 6) is 1.63. The molecule has 7 heteroatoms. The summed E-state index contributed by atoms with van der Waals surface area (Å²) in [6, 6.07) is 1.49. The maximum absolute atomic E-state index is 12.4. The molecule has 2 rings (SSSR count). The second-order valence-corrected chi connectivity index (χ2v) is 5.83. The summed E-state index contributed by atoms with van der Waals surface area (Å²) in [7, 11) is 1.82. The van der Waals surface area contributed by atoms with Gasteiger partial charge in [-0.15, -0.1) is 0 Å². The molecule has 0 aliphatic heterocycles. The molecule has 0 unspecified atom stereocenters. The molecule has 0 fully saturated rings. The summed E-state index contributed by atoms with van der Waals surface area (Å²) in [5, 5.41) is 10.9. The van der Waals surface area contributed by atoms with Gasteiger partial charge in [0.1, 0.15) is 17.9 Å². The van der Waals surface area contributed by atoms with Gasteiger partial charge in [-0.25, -0.2) is 4.98 Å². The lowest BCUT2D eigenvalue weighted by Gasteiger charge is -2.19. The molecule has 0 aliphatic carbocycles. The number of aromatic nitrogens is 4. The molecule has 0 saturated heterocycles. The van der Waals surface area contributed by atoms with E-state index in [-0.39, 0.29) is 11.9 Å². The highest BCUT2D eigenvalue weighted by atomic mass is 16.5. The lowest BCUT2D eigenvalue weighted by Crippen LogP contribution is -2.31. The SMILES string of the molecule is CCCc1cc(C(=O)N[C@@H](CC(C)C)c2ncnn2C)no1. The first kappa shape index (κ1) is 16.2. The van der Waals surface area contributed by atoms with E-state index in [0.29, 0.717) is 11.6 Å². The predicted octanol–water partition coefficient (Wildman–Crippen LogP) is 2.27. The maximum Gasteiger partial charge on any atom is 0.274 e. The lowest BCUT2D eigenvalue weighted by molar-refractivity contribution is 0.0919. The average Bonchev–Trinajstić information content (AvgIpc) is 3.07. The van der Waals surface area contributed by atoms with Crippen LogP contribution in [0.5, 0.6) is 0 Å². The van der Waals surface area contributed by atoms with E-state index in [2.05, 4.69) is 41.3 Å². The van der Waals surface area contributed by atoms with Gasteiger partial charge in [0, 0.05) is 19.5 Å². The zero-order chi connectivity index (χ0) is 16.1. The van der Waals surface area contributed by atoms with Crippen molar-refractivity contribution in [3.05, 3.63) is 29.7 Å². The molecule has 0 aliphatic rings. The Balaban J connectivity index is 2.12. The Kier molecular flexibility index (Phi) is 5.30. The third-order valence-electron chi connectivity index (χ3n) is 3.36. The number of carbonyl (C=O) groups is 1. The summed E-state index contributed by atoms with van der Waals surface area (Å²) in [6.07, 6.45) is 3.99. The van der Waals surface area contributed by atoms with Crippen molar-refractivity contribution in [3.8, 4) is 0 Å². The van der Waals surface area contributed by atoms with Crippen molar-refractivity contribution < 1.29 is 9.32 Å². The number of aryl methyl sites for hydroxylation is 2. The molecule has 2 heterocycles. The maximum atomic E-state index is 12.4. The van der Waals surface area contributed by atoms with Crippen molar-refractivity contribution >= 4 is 5.91 Å². The van der Waals surface area contributed by atoms with Crippen molar-refractivity contribution in [2.24, 2.45) is 13.0 Å². The van der Waals surface area contributed by atoms with E-state index in [0.717, 1.165) is 30.8 Å². The van der Waals surface area contributed by atoms with Crippen LogP contribution in [-0.2, 0) is 13.5 Å². The molecule has 0 bridgehead atoms. The minimum atomic E-state index is -0.250. The number of rotatable bonds is 7. The largest absolute Gasteiger partial charge is 0.361 e. The molecule has 0 radical (unpaired) electrons. The third kappa shape index (κ3) is 3.93. The number of hydrogen-bond acceptors (Lipinski definition) is 5. The fraction of sp³-hybridized carbons (Fsp3) is 0.600. The van der Waals surface area contributed by atoms with Crippen molar-refractivity contribution in [3.63, 3.8) is 0 Å². The number of amides is 1. The minimum Gasteiger partial charge on any atom is -0.361 e. The van der Waals surface area contributed by atoms with Crippen LogP contribution in [0.3, 0.4) is 0 Å². The van der Waals surface area contributed by atoms with Crippen LogP contribution < -0.4 is 5.32 Å². The van der Waals surface area contributed by atoms with E-state index in [1.54, 1.807) is 10.7 Å². The smallest absolute Gasteiger partial charge is 0.274 e. The molecule has 120 valence electrons. The Hall–Kier alpha value is -2.18. The summed E-state index contributed by atoms with van der Waals surface area (Å²) in [4.78, 5) is 16.6. The van der Waals surface area contributed by atoms with Crippen molar-refractivity contribution in [2.45, 2.75) is 46.1 Å². The molecule has 2 aromatic heterocycles. The van der Waals surface area contributed by atoms with Crippen LogP contribution in [0, 0.1) is 5.92 Å². The second kappa shape index (κ2) is 7.20. The zero-order valence-corrected chi connectivity index (χ0v) is 13.5. The highest BCUT2D eigenvalue weighted by Crippen LogP contribution is 2.19. The molecule has 7 nitrogen and oxygen atoms in total. The molecule has 0 saturated carbocycles. The Morgan fingerprint density at radius 3 is 2.82 bits per heavy atom. The summed E-state index contributed by atoms with van der Waals surface area (Å²) in [6.45, 7) is 6.25. The second-order valence-electron chi connectivity index (χ2n) is 5.83. The summed E-state index contributed by atoms with van der Waals surface area (Å²) >= 11 is 0. The van der Waals surface area contributed by atoms with Gasteiger partial charge in [-0.1, -0.05) is 25.9 Å². The monoisotopic (exact) mass is 305 g/mol. The first-order valence-corrected chi connectivity index (χ1v) is 7.61. The Labute approximate surface area is 130 Å². The van der Waals surface area contributed by atoms with E-state index >= 15 is 0 Å². The molecule has 2 aromatic rings. The number of nitrogens with one attached hydrogen (secondary N) is 1. The molecular formula is C15H23N5O2. The van der Waals surface area contributed by atoms with Crippen LogP contribution in [0.4, 0.5) is 0 Å². The first-order valence-electron chi connectivity index (χ1n) is 7.61. The van der Waals surface area contributed by atoms with Crippen molar-refractivity contribution in [1.82, 2.24) is 25.2 Å². The molecule has 0 spiro atoms. The van der Waals surface area contributed by atoms with Gasteiger partial charge < -0.3 is 9.84 Å². The Bertz CT molecular complexity index is 617. The zero-order valence-electron chi connectivity index (χ0n) is 13.5. The van der Waals surface area contributed by atoms with Crippen LogP contribution in [-0.4, -0.2) is 25.8 Å².